The monoisotopic (exact) mass is 504 g/mol. The van der Waals surface area contributed by atoms with E-state index in [-0.39, 0.29) is 6.04 Å². The number of rotatable bonds is 14. The van der Waals surface area contributed by atoms with E-state index in [9.17, 15) is 0 Å². The molecule has 3 aromatic rings. The summed E-state index contributed by atoms with van der Waals surface area (Å²) in [5.74, 6) is 0. The van der Waals surface area contributed by atoms with Gasteiger partial charge in [0.15, 0.2) is 0 Å². The fraction of sp³-hybridized carbons (Fsp3) is 0.452. The fourth-order valence-corrected chi connectivity index (χ4v) is 6.26. The minimum absolute atomic E-state index is 0.209. The first-order chi connectivity index (χ1) is 17.3. The van der Waals surface area contributed by atoms with Gasteiger partial charge in [0.1, 0.15) is 0 Å². The molecule has 1 aromatic carbocycles. The van der Waals surface area contributed by atoms with Crippen LogP contribution in [0.15, 0.2) is 70.4 Å². The summed E-state index contributed by atoms with van der Waals surface area (Å²) in [4.78, 5) is 10.4. The second-order valence-electron chi connectivity index (χ2n) is 9.55. The van der Waals surface area contributed by atoms with Crippen LogP contribution in [0.2, 0.25) is 0 Å². The van der Waals surface area contributed by atoms with E-state index in [0.717, 1.165) is 12.1 Å². The Balaban J connectivity index is 1.51. The first kappa shape index (κ1) is 25.9. The molecule has 1 aliphatic rings. The fourth-order valence-electron chi connectivity index (χ4n) is 4.80. The van der Waals surface area contributed by atoms with Crippen molar-refractivity contribution in [1.29, 1.82) is 0 Å². The first-order valence-corrected chi connectivity index (χ1v) is 15.3. The van der Waals surface area contributed by atoms with Crippen LogP contribution in [0.1, 0.15) is 93.0 Å². The molecule has 186 valence electrons. The van der Waals surface area contributed by atoms with E-state index in [1.165, 1.54) is 91.0 Å². The van der Waals surface area contributed by atoms with Crippen molar-refractivity contribution in [3.05, 3.63) is 80.7 Å². The summed E-state index contributed by atoms with van der Waals surface area (Å²) in [5, 5.41) is 4.31. The van der Waals surface area contributed by atoms with Gasteiger partial charge >= 0.3 is 0 Å². The van der Waals surface area contributed by atoms with E-state index >= 15 is 0 Å². The highest BCUT2D eigenvalue weighted by Crippen LogP contribution is 2.37. The first-order valence-electron chi connectivity index (χ1n) is 13.5. The molecular formula is C31H40N2S2. The number of benzene rings is 1. The normalized spacial score (nSPS) is 15.7. The lowest BCUT2D eigenvalue weighted by atomic mass is 9.93. The van der Waals surface area contributed by atoms with Crippen molar-refractivity contribution in [2.24, 2.45) is 4.99 Å². The summed E-state index contributed by atoms with van der Waals surface area (Å²) in [5.41, 5.74) is 5.22. The van der Waals surface area contributed by atoms with Gasteiger partial charge in [0.2, 0.25) is 0 Å². The molecule has 0 radical (unpaired) electrons. The molecule has 0 amide bonds. The quantitative estimate of drug-likeness (QED) is 0.199. The topological polar surface area (TPSA) is 15.6 Å². The maximum Gasteiger partial charge on any atom is 0.0889 e. The summed E-state index contributed by atoms with van der Waals surface area (Å²) in [6, 6.07) is 18.3. The van der Waals surface area contributed by atoms with Gasteiger partial charge in [-0.1, -0.05) is 76.6 Å². The van der Waals surface area contributed by atoms with Gasteiger partial charge in [0.05, 0.1) is 16.6 Å². The molecule has 4 rings (SSSR count). The lowest BCUT2D eigenvalue weighted by Gasteiger charge is -2.26. The summed E-state index contributed by atoms with van der Waals surface area (Å²) in [7, 11) is 0. The Hall–Kier alpha value is -2.17. The zero-order valence-electron chi connectivity index (χ0n) is 21.4. The molecule has 0 spiro atoms. The van der Waals surface area contributed by atoms with Crippen LogP contribution in [0.25, 0.3) is 5.57 Å². The Labute approximate surface area is 220 Å². The third kappa shape index (κ3) is 7.41. The average molecular weight is 505 g/mol. The second-order valence-corrected chi connectivity index (χ2v) is 11.5. The predicted molar refractivity (Wildman–Crippen MR) is 157 cm³/mol. The van der Waals surface area contributed by atoms with Gasteiger partial charge in [-0.25, -0.2) is 0 Å². The van der Waals surface area contributed by atoms with Crippen molar-refractivity contribution >= 4 is 39.6 Å². The summed E-state index contributed by atoms with van der Waals surface area (Å²) in [6.07, 6.45) is 13.8. The van der Waals surface area contributed by atoms with Gasteiger partial charge in [-0.2, -0.15) is 0 Å². The SMILES string of the molecule is CCCCCCN(CCCCCC)c1ccc(C2=CC(c3cccs3)=NC(c3cccs3)C2)cc1. The lowest BCUT2D eigenvalue weighted by Crippen LogP contribution is -2.25. The summed E-state index contributed by atoms with van der Waals surface area (Å²) in [6.45, 7) is 6.92. The molecule has 4 heteroatoms. The number of hydrogen-bond donors (Lipinski definition) is 0. The largest absolute Gasteiger partial charge is 0.372 e. The van der Waals surface area contributed by atoms with E-state index in [1.54, 1.807) is 11.3 Å². The average Bonchev–Trinajstić information content (AvgIpc) is 3.63. The van der Waals surface area contributed by atoms with Crippen molar-refractivity contribution in [1.82, 2.24) is 0 Å². The molecule has 0 N–H and O–H groups in total. The Kier molecular flexibility index (Phi) is 10.2. The molecule has 0 bridgehead atoms. The molecule has 1 unspecified atom stereocenters. The maximum absolute atomic E-state index is 5.14. The van der Waals surface area contributed by atoms with E-state index in [1.807, 2.05) is 11.3 Å². The number of aliphatic imine (C=N–C) groups is 1. The predicted octanol–water partition coefficient (Wildman–Crippen LogP) is 9.79. The second kappa shape index (κ2) is 13.8. The highest BCUT2D eigenvalue weighted by atomic mass is 32.1. The molecule has 2 nitrogen and oxygen atoms in total. The number of dihydropyridines is 1. The van der Waals surface area contributed by atoms with E-state index in [2.05, 4.69) is 84.1 Å². The van der Waals surface area contributed by atoms with Crippen molar-refractivity contribution in [2.75, 3.05) is 18.0 Å². The molecule has 35 heavy (non-hydrogen) atoms. The molecule has 3 heterocycles. The molecule has 2 aromatic heterocycles. The van der Waals surface area contributed by atoms with Gasteiger partial charge in [0.25, 0.3) is 0 Å². The number of hydrogen-bond acceptors (Lipinski definition) is 4. The van der Waals surface area contributed by atoms with Crippen molar-refractivity contribution < 1.29 is 0 Å². The number of nitrogens with zero attached hydrogens (tertiary/aromatic N) is 2. The zero-order valence-corrected chi connectivity index (χ0v) is 23.1. The third-order valence-corrected chi connectivity index (χ3v) is 8.70. The van der Waals surface area contributed by atoms with Crippen LogP contribution in [-0.4, -0.2) is 18.8 Å². The Morgan fingerprint density at radius 3 is 2.09 bits per heavy atom. The van der Waals surface area contributed by atoms with Gasteiger partial charge < -0.3 is 4.90 Å². The standard InChI is InChI=1S/C31H40N2S2/c1-3-5-7-9-19-33(20-10-8-6-4-2)27-17-15-25(16-18-27)26-23-28(30-13-11-21-34-30)32-29(24-26)31-14-12-22-35-31/h11-18,21-23,29H,3-10,19-20,24H2,1-2H3. The van der Waals surface area contributed by atoms with E-state index < -0.39 is 0 Å². The highest BCUT2D eigenvalue weighted by Gasteiger charge is 2.21. The van der Waals surface area contributed by atoms with Crippen LogP contribution >= 0.6 is 22.7 Å². The number of anilines is 1. The smallest absolute Gasteiger partial charge is 0.0889 e. The minimum atomic E-state index is 0.209. The van der Waals surface area contributed by atoms with Gasteiger partial charge in [-0.3, -0.25) is 4.99 Å². The van der Waals surface area contributed by atoms with Gasteiger partial charge in [-0.15, -0.1) is 22.7 Å². The lowest BCUT2D eigenvalue weighted by molar-refractivity contribution is 0.609. The molecule has 1 aliphatic heterocycles. The Bertz CT molecular complexity index is 1030. The van der Waals surface area contributed by atoms with Crippen LogP contribution in [0.4, 0.5) is 5.69 Å². The van der Waals surface area contributed by atoms with Crippen LogP contribution in [-0.2, 0) is 0 Å². The third-order valence-electron chi connectivity index (χ3n) is 6.83. The highest BCUT2D eigenvalue weighted by molar-refractivity contribution is 7.12. The molecule has 1 atom stereocenters. The Morgan fingerprint density at radius 1 is 0.800 bits per heavy atom. The van der Waals surface area contributed by atoms with Gasteiger partial charge in [0, 0.05) is 30.1 Å². The van der Waals surface area contributed by atoms with Crippen molar-refractivity contribution in [3.63, 3.8) is 0 Å². The van der Waals surface area contributed by atoms with Crippen LogP contribution in [0, 0.1) is 0 Å². The van der Waals surface area contributed by atoms with E-state index in [4.69, 9.17) is 4.99 Å². The molecule has 0 aliphatic carbocycles. The van der Waals surface area contributed by atoms with Crippen LogP contribution in [0.5, 0.6) is 0 Å². The summed E-state index contributed by atoms with van der Waals surface area (Å²) < 4.78 is 0. The zero-order chi connectivity index (χ0) is 24.3. The molecular weight excluding hydrogens is 464 g/mol. The van der Waals surface area contributed by atoms with E-state index in [0.29, 0.717) is 0 Å². The molecule has 0 fully saturated rings. The number of thiophene rings is 2. The van der Waals surface area contributed by atoms with Crippen molar-refractivity contribution in [2.45, 2.75) is 77.7 Å². The minimum Gasteiger partial charge on any atom is -0.372 e. The van der Waals surface area contributed by atoms with Crippen LogP contribution < -0.4 is 4.90 Å². The molecule has 0 saturated carbocycles. The molecule has 0 saturated heterocycles. The van der Waals surface area contributed by atoms with Crippen LogP contribution in [0.3, 0.4) is 0 Å². The number of allylic oxidation sites excluding steroid dienone is 1. The number of unbranched alkanes of at least 4 members (excludes halogenated alkanes) is 6. The Morgan fingerprint density at radius 2 is 1.49 bits per heavy atom. The van der Waals surface area contributed by atoms with Gasteiger partial charge in [-0.05, 0) is 65.1 Å². The maximum atomic E-state index is 5.14. The van der Waals surface area contributed by atoms with Crippen molar-refractivity contribution in [3.8, 4) is 0 Å². The summed E-state index contributed by atoms with van der Waals surface area (Å²) >= 11 is 3.59.